The molecule has 2 aromatic carbocycles. The monoisotopic (exact) mass is 381 g/mol. The predicted octanol–water partition coefficient (Wildman–Crippen LogP) is 5.78. The Bertz CT molecular complexity index is 1050. The van der Waals surface area contributed by atoms with Gasteiger partial charge in [-0.05, 0) is 23.8 Å². The molecule has 26 heavy (non-hydrogen) atoms. The Hall–Kier alpha value is -2.44. The molecule has 0 bridgehead atoms. The van der Waals surface area contributed by atoms with Gasteiger partial charge in [0.05, 0.1) is 0 Å². The number of allylic oxidation sites excluding steroid dienone is 1. The van der Waals surface area contributed by atoms with Crippen molar-refractivity contribution in [2.75, 3.05) is 0 Å². The van der Waals surface area contributed by atoms with Gasteiger partial charge in [-0.2, -0.15) is 0 Å². The van der Waals surface area contributed by atoms with Gasteiger partial charge < -0.3 is 0 Å². The zero-order valence-electron chi connectivity index (χ0n) is 13.9. The first-order valence-corrected chi connectivity index (χ1v) is 10.0. The van der Waals surface area contributed by atoms with Crippen LogP contribution in [-0.4, -0.2) is 14.8 Å². The van der Waals surface area contributed by atoms with Crippen LogP contribution in [0.3, 0.4) is 0 Å². The van der Waals surface area contributed by atoms with Crippen molar-refractivity contribution in [3.05, 3.63) is 77.9 Å². The van der Waals surface area contributed by atoms with Gasteiger partial charge in [0.25, 0.3) is 0 Å². The Balaban J connectivity index is 1.66. The molecule has 2 heterocycles. The second-order valence-electron chi connectivity index (χ2n) is 5.77. The lowest BCUT2D eigenvalue weighted by Gasteiger charge is -2.07. The van der Waals surface area contributed by atoms with Crippen molar-refractivity contribution in [3.8, 4) is 11.4 Å². The second-order valence-corrected chi connectivity index (χ2v) is 7.62. The molecule has 0 radical (unpaired) electrons. The smallest absolute Gasteiger partial charge is 0.192 e. The summed E-state index contributed by atoms with van der Waals surface area (Å²) in [7, 11) is 0. The summed E-state index contributed by atoms with van der Waals surface area (Å²) in [5.74, 6) is 1.34. The molecule has 0 spiro atoms. The lowest BCUT2D eigenvalue weighted by molar-refractivity contribution is 0.627. The van der Waals surface area contributed by atoms with E-state index in [4.69, 9.17) is 0 Å². The molecule has 0 aliphatic rings. The minimum absolute atomic E-state index is 0.222. The van der Waals surface area contributed by atoms with E-state index in [-0.39, 0.29) is 5.82 Å². The number of halogens is 1. The molecule has 4 rings (SSSR count). The van der Waals surface area contributed by atoms with Crippen LogP contribution in [0.15, 0.2) is 71.7 Å². The number of aromatic nitrogens is 3. The van der Waals surface area contributed by atoms with E-state index in [1.807, 2.05) is 18.2 Å². The second kappa shape index (κ2) is 7.43. The summed E-state index contributed by atoms with van der Waals surface area (Å²) >= 11 is 3.30. The molecular formula is C20H16FN3S2. The highest BCUT2D eigenvalue weighted by atomic mass is 32.2. The Morgan fingerprint density at radius 1 is 1.12 bits per heavy atom. The molecule has 0 aliphatic carbocycles. The van der Waals surface area contributed by atoms with Crippen LogP contribution in [0.2, 0.25) is 0 Å². The van der Waals surface area contributed by atoms with E-state index in [9.17, 15) is 4.39 Å². The first kappa shape index (κ1) is 17.0. The zero-order valence-corrected chi connectivity index (χ0v) is 15.6. The number of rotatable bonds is 6. The third-order valence-electron chi connectivity index (χ3n) is 4.03. The van der Waals surface area contributed by atoms with Crippen LogP contribution in [0.4, 0.5) is 4.39 Å². The maximum absolute atomic E-state index is 13.1. The van der Waals surface area contributed by atoms with Crippen LogP contribution in [-0.2, 0) is 12.3 Å². The molecule has 0 N–H and O–H groups in total. The van der Waals surface area contributed by atoms with Gasteiger partial charge in [-0.1, -0.05) is 48.2 Å². The highest BCUT2D eigenvalue weighted by Crippen LogP contribution is 2.34. The summed E-state index contributed by atoms with van der Waals surface area (Å²) < 4.78 is 16.4. The summed E-state index contributed by atoms with van der Waals surface area (Å²) in [5, 5.41) is 13.0. The Labute approximate surface area is 159 Å². The number of fused-ring (bicyclic) bond motifs is 1. The van der Waals surface area contributed by atoms with E-state index >= 15 is 0 Å². The maximum Gasteiger partial charge on any atom is 0.192 e. The van der Waals surface area contributed by atoms with Crippen molar-refractivity contribution in [2.45, 2.75) is 17.5 Å². The molecule has 2 aromatic heterocycles. The standard InChI is InChI=1S/C20H16FN3S2/c1-2-11-24-19(17-13-25-18-6-4-3-5-16(17)18)22-23-20(24)26-12-14-7-9-15(21)10-8-14/h2-10,13H,1,11-12H2. The van der Waals surface area contributed by atoms with Crippen molar-refractivity contribution >= 4 is 33.2 Å². The van der Waals surface area contributed by atoms with Gasteiger partial charge in [-0.15, -0.1) is 28.1 Å². The van der Waals surface area contributed by atoms with Crippen molar-refractivity contribution in [1.82, 2.24) is 14.8 Å². The van der Waals surface area contributed by atoms with Gasteiger partial charge >= 0.3 is 0 Å². The van der Waals surface area contributed by atoms with Gasteiger partial charge in [-0.3, -0.25) is 4.57 Å². The summed E-state index contributed by atoms with van der Waals surface area (Å²) in [6.45, 7) is 4.50. The minimum Gasteiger partial charge on any atom is -0.298 e. The molecule has 0 fully saturated rings. The summed E-state index contributed by atoms with van der Waals surface area (Å²) in [6, 6.07) is 14.9. The van der Waals surface area contributed by atoms with Crippen molar-refractivity contribution in [3.63, 3.8) is 0 Å². The fourth-order valence-corrected chi connectivity index (χ4v) is 4.61. The van der Waals surface area contributed by atoms with E-state index in [0.717, 1.165) is 22.1 Å². The first-order chi connectivity index (χ1) is 12.8. The molecule has 0 aliphatic heterocycles. The molecule has 6 heteroatoms. The Morgan fingerprint density at radius 2 is 1.92 bits per heavy atom. The Kier molecular flexibility index (Phi) is 4.86. The van der Waals surface area contributed by atoms with E-state index in [0.29, 0.717) is 12.3 Å². The van der Waals surface area contributed by atoms with E-state index < -0.39 is 0 Å². The highest BCUT2D eigenvalue weighted by molar-refractivity contribution is 7.98. The van der Waals surface area contributed by atoms with Crippen LogP contribution in [0.25, 0.3) is 21.5 Å². The number of nitrogens with zero attached hydrogens (tertiary/aromatic N) is 3. The molecule has 0 saturated heterocycles. The van der Waals surface area contributed by atoms with Crippen LogP contribution in [0, 0.1) is 5.82 Å². The fourth-order valence-electron chi connectivity index (χ4n) is 2.77. The van der Waals surface area contributed by atoms with Crippen molar-refractivity contribution < 1.29 is 4.39 Å². The average molecular weight is 382 g/mol. The van der Waals surface area contributed by atoms with E-state index in [1.165, 1.54) is 22.2 Å². The van der Waals surface area contributed by atoms with Crippen molar-refractivity contribution in [2.24, 2.45) is 0 Å². The van der Waals surface area contributed by atoms with Crippen LogP contribution < -0.4 is 0 Å². The summed E-state index contributed by atoms with van der Waals surface area (Å²) in [6.07, 6.45) is 1.85. The average Bonchev–Trinajstić information content (AvgIpc) is 3.25. The minimum atomic E-state index is -0.222. The van der Waals surface area contributed by atoms with Crippen LogP contribution in [0.1, 0.15) is 5.56 Å². The van der Waals surface area contributed by atoms with Crippen LogP contribution in [0.5, 0.6) is 0 Å². The first-order valence-electron chi connectivity index (χ1n) is 8.14. The fraction of sp³-hybridized carbons (Fsp3) is 0.100. The SMILES string of the molecule is C=CCn1c(SCc2ccc(F)cc2)nnc1-c1csc2ccccc12. The summed E-state index contributed by atoms with van der Waals surface area (Å²) in [5.41, 5.74) is 2.14. The molecular weight excluding hydrogens is 365 g/mol. The molecule has 0 saturated carbocycles. The lowest BCUT2D eigenvalue weighted by atomic mass is 10.1. The predicted molar refractivity (Wildman–Crippen MR) is 107 cm³/mol. The number of benzene rings is 2. The molecule has 0 atom stereocenters. The van der Waals surface area contributed by atoms with E-state index in [1.54, 1.807) is 35.2 Å². The maximum atomic E-state index is 13.1. The molecule has 0 amide bonds. The number of hydrogen-bond donors (Lipinski definition) is 0. The third kappa shape index (κ3) is 3.30. The van der Waals surface area contributed by atoms with Gasteiger partial charge in [0, 0.05) is 33.3 Å². The van der Waals surface area contributed by atoms with Crippen LogP contribution >= 0.6 is 23.1 Å². The van der Waals surface area contributed by atoms with Gasteiger partial charge in [-0.25, -0.2) is 4.39 Å². The van der Waals surface area contributed by atoms with Gasteiger partial charge in [0.2, 0.25) is 0 Å². The molecule has 0 unspecified atom stereocenters. The number of thioether (sulfide) groups is 1. The molecule has 4 aromatic rings. The van der Waals surface area contributed by atoms with Gasteiger partial charge in [0.15, 0.2) is 11.0 Å². The summed E-state index contributed by atoms with van der Waals surface area (Å²) in [4.78, 5) is 0. The zero-order chi connectivity index (χ0) is 17.9. The quantitative estimate of drug-likeness (QED) is 0.313. The highest BCUT2D eigenvalue weighted by Gasteiger charge is 2.16. The largest absolute Gasteiger partial charge is 0.298 e. The normalized spacial score (nSPS) is 11.1. The molecule has 130 valence electrons. The third-order valence-corrected chi connectivity index (χ3v) is 6.03. The number of thiophene rings is 1. The number of hydrogen-bond acceptors (Lipinski definition) is 4. The topological polar surface area (TPSA) is 30.7 Å². The molecule has 3 nitrogen and oxygen atoms in total. The van der Waals surface area contributed by atoms with Crippen molar-refractivity contribution in [1.29, 1.82) is 0 Å². The van der Waals surface area contributed by atoms with Gasteiger partial charge in [0.1, 0.15) is 5.82 Å². The van der Waals surface area contributed by atoms with E-state index in [2.05, 4.69) is 38.9 Å². The lowest BCUT2D eigenvalue weighted by Crippen LogP contribution is -2.00. The Morgan fingerprint density at radius 3 is 2.73 bits per heavy atom.